The summed E-state index contributed by atoms with van der Waals surface area (Å²) >= 11 is 0. The van der Waals surface area contributed by atoms with Crippen molar-refractivity contribution in [1.82, 2.24) is 15.1 Å². The van der Waals surface area contributed by atoms with E-state index in [1.54, 1.807) is 12.1 Å². The number of carbonyl (C=O) groups is 1. The van der Waals surface area contributed by atoms with Crippen LogP contribution in [0.4, 0.5) is 5.69 Å². The average molecular weight is 365 g/mol. The highest BCUT2D eigenvalue weighted by Gasteiger charge is 2.15. The van der Waals surface area contributed by atoms with Gasteiger partial charge in [0, 0.05) is 25.3 Å². The molecule has 8 nitrogen and oxygen atoms in total. The monoisotopic (exact) mass is 365 g/mol. The summed E-state index contributed by atoms with van der Waals surface area (Å²) in [6, 6.07) is 16.7. The van der Waals surface area contributed by atoms with Gasteiger partial charge in [0.25, 0.3) is 5.91 Å². The fourth-order valence-corrected chi connectivity index (χ4v) is 2.42. The van der Waals surface area contributed by atoms with Crippen molar-refractivity contribution in [3.05, 3.63) is 70.7 Å². The number of hydrogen-bond donors (Lipinski definition) is 1. The Morgan fingerprint density at radius 1 is 1.19 bits per heavy atom. The zero-order valence-electron chi connectivity index (χ0n) is 15.0. The molecule has 2 aromatic carbocycles. The molecule has 8 heteroatoms. The van der Waals surface area contributed by atoms with E-state index in [1.807, 2.05) is 61.5 Å². The maximum Gasteiger partial charge on any atom is 0.442 e. The number of benzene rings is 2. The Labute approximate surface area is 155 Å². The number of carbonyl (C=O) groups excluding carboxylic acids is 1. The minimum Gasteiger partial charge on any atom is -0.378 e. The van der Waals surface area contributed by atoms with Crippen molar-refractivity contribution in [1.29, 1.82) is 0 Å². The van der Waals surface area contributed by atoms with Crippen LogP contribution in [0, 0.1) is 0 Å². The highest BCUT2D eigenvalue weighted by Crippen LogP contribution is 2.14. The van der Waals surface area contributed by atoms with Gasteiger partial charge in [-0.3, -0.25) is 9.32 Å². The number of amides is 1. The Bertz CT molecular complexity index is 988. The summed E-state index contributed by atoms with van der Waals surface area (Å²) in [5.41, 5.74) is 4.99. The predicted octanol–water partition coefficient (Wildman–Crippen LogP) is 1.72. The quantitative estimate of drug-likeness (QED) is 0.530. The Kier molecular flexibility index (Phi) is 5.46. The molecule has 0 radical (unpaired) electrons. The number of nitrogens with one attached hydrogen (secondary N) is 1. The van der Waals surface area contributed by atoms with E-state index >= 15 is 0 Å². The Hall–Kier alpha value is -3.68. The van der Waals surface area contributed by atoms with Gasteiger partial charge < -0.3 is 4.90 Å². The molecule has 0 aliphatic carbocycles. The van der Waals surface area contributed by atoms with E-state index < -0.39 is 11.7 Å². The van der Waals surface area contributed by atoms with Crippen LogP contribution in [0.3, 0.4) is 0 Å². The van der Waals surface area contributed by atoms with Crippen LogP contribution in [0.25, 0.3) is 11.4 Å². The van der Waals surface area contributed by atoms with E-state index in [0.29, 0.717) is 11.4 Å². The SMILES string of the molecule is CN(C)c1ccc(/C=N\NC(=O)Cn2c(-c3ccccc3)noc2=O)cc1. The smallest absolute Gasteiger partial charge is 0.378 e. The van der Waals surface area contributed by atoms with Gasteiger partial charge in [-0.05, 0) is 17.7 Å². The Morgan fingerprint density at radius 2 is 1.89 bits per heavy atom. The molecule has 0 saturated heterocycles. The van der Waals surface area contributed by atoms with Gasteiger partial charge in [0.15, 0.2) is 5.82 Å². The zero-order valence-corrected chi connectivity index (χ0v) is 15.0. The number of aromatic nitrogens is 2. The first-order chi connectivity index (χ1) is 13.0. The van der Waals surface area contributed by atoms with Crippen molar-refractivity contribution in [2.75, 3.05) is 19.0 Å². The van der Waals surface area contributed by atoms with Crippen molar-refractivity contribution in [3.63, 3.8) is 0 Å². The van der Waals surface area contributed by atoms with Crippen LogP contribution in [0.1, 0.15) is 5.56 Å². The molecule has 0 atom stereocenters. The first kappa shape index (κ1) is 18.1. The van der Waals surface area contributed by atoms with Crippen molar-refractivity contribution >= 4 is 17.8 Å². The molecule has 1 aromatic heterocycles. The number of hydrazone groups is 1. The molecule has 1 amide bonds. The molecular formula is C19H19N5O3. The van der Waals surface area contributed by atoms with Gasteiger partial charge in [-0.15, -0.1) is 0 Å². The van der Waals surface area contributed by atoms with E-state index in [9.17, 15) is 9.59 Å². The average Bonchev–Trinajstić information content (AvgIpc) is 3.03. The molecule has 0 fully saturated rings. The van der Waals surface area contributed by atoms with Crippen molar-refractivity contribution in [3.8, 4) is 11.4 Å². The fourth-order valence-electron chi connectivity index (χ4n) is 2.42. The summed E-state index contributed by atoms with van der Waals surface area (Å²) in [6.07, 6.45) is 1.53. The molecule has 1 N–H and O–H groups in total. The first-order valence-electron chi connectivity index (χ1n) is 8.26. The van der Waals surface area contributed by atoms with E-state index in [-0.39, 0.29) is 6.54 Å². The van der Waals surface area contributed by atoms with Crippen LogP contribution in [0.2, 0.25) is 0 Å². The standard InChI is InChI=1S/C19H19N5O3/c1-23(2)16-10-8-14(9-11-16)12-20-21-17(25)13-24-18(22-27-19(24)26)15-6-4-3-5-7-15/h3-12H,13H2,1-2H3,(H,21,25)/b20-12-. The molecular weight excluding hydrogens is 346 g/mol. The molecule has 27 heavy (non-hydrogen) atoms. The summed E-state index contributed by atoms with van der Waals surface area (Å²) in [5.74, 6) is -0.870. The maximum absolute atomic E-state index is 12.1. The van der Waals surface area contributed by atoms with Gasteiger partial charge in [0.1, 0.15) is 6.54 Å². The predicted molar refractivity (Wildman–Crippen MR) is 103 cm³/mol. The van der Waals surface area contributed by atoms with Crippen LogP contribution in [0.5, 0.6) is 0 Å². The molecule has 0 spiro atoms. The molecule has 138 valence electrons. The molecule has 1 heterocycles. The van der Waals surface area contributed by atoms with Crippen molar-refractivity contribution in [2.45, 2.75) is 6.54 Å². The minimum absolute atomic E-state index is 0.247. The lowest BCUT2D eigenvalue weighted by Crippen LogP contribution is -2.28. The summed E-state index contributed by atoms with van der Waals surface area (Å²) < 4.78 is 5.85. The zero-order chi connectivity index (χ0) is 19.2. The first-order valence-corrected chi connectivity index (χ1v) is 8.26. The van der Waals surface area contributed by atoms with E-state index in [4.69, 9.17) is 4.52 Å². The summed E-state index contributed by atoms with van der Waals surface area (Å²) in [5, 5.41) is 7.67. The second-order valence-electron chi connectivity index (χ2n) is 6.00. The fraction of sp³-hybridized carbons (Fsp3) is 0.158. The minimum atomic E-state index is -0.702. The Balaban J connectivity index is 1.65. The third-order valence-electron chi connectivity index (χ3n) is 3.83. The van der Waals surface area contributed by atoms with Gasteiger partial charge in [-0.25, -0.2) is 14.8 Å². The van der Waals surface area contributed by atoms with Gasteiger partial charge in [0.05, 0.1) is 6.21 Å². The van der Waals surface area contributed by atoms with Crippen LogP contribution in [-0.2, 0) is 11.3 Å². The number of nitrogens with zero attached hydrogens (tertiary/aromatic N) is 4. The molecule has 0 aliphatic heterocycles. The Morgan fingerprint density at radius 3 is 2.56 bits per heavy atom. The lowest BCUT2D eigenvalue weighted by atomic mass is 10.2. The van der Waals surface area contributed by atoms with Gasteiger partial charge in [0.2, 0.25) is 0 Å². The lowest BCUT2D eigenvalue weighted by molar-refractivity contribution is -0.121. The molecule has 0 saturated carbocycles. The summed E-state index contributed by atoms with van der Waals surface area (Å²) in [6.45, 7) is -0.247. The second kappa shape index (κ2) is 8.13. The number of anilines is 1. The summed E-state index contributed by atoms with van der Waals surface area (Å²) in [7, 11) is 3.92. The molecule has 3 aromatic rings. The third-order valence-corrected chi connectivity index (χ3v) is 3.83. The highest BCUT2D eigenvalue weighted by molar-refractivity contribution is 5.83. The number of hydrogen-bond acceptors (Lipinski definition) is 6. The van der Waals surface area contributed by atoms with Crippen LogP contribution < -0.4 is 16.1 Å². The van der Waals surface area contributed by atoms with E-state index in [0.717, 1.165) is 15.8 Å². The van der Waals surface area contributed by atoms with Crippen LogP contribution in [-0.4, -0.2) is 35.9 Å². The maximum atomic E-state index is 12.1. The second-order valence-corrected chi connectivity index (χ2v) is 6.00. The van der Waals surface area contributed by atoms with Crippen LogP contribution in [0.15, 0.2) is 69.0 Å². The van der Waals surface area contributed by atoms with Crippen LogP contribution >= 0.6 is 0 Å². The molecule has 0 unspecified atom stereocenters. The normalized spacial score (nSPS) is 10.9. The van der Waals surface area contributed by atoms with E-state index in [2.05, 4.69) is 15.7 Å². The van der Waals surface area contributed by atoms with Gasteiger partial charge in [-0.2, -0.15) is 5.10 Å². The molecule has 3 rings (SSSR count). The largest absolute Gasteiger partial charge is 0.442 e. The molecule has 0 bridgehead atoms. The number of rotatable bonds is 6. The van der Waals surface area contributed by atoms with Gasteiger partial charge in [-0.1, -0.05) is 47.6 Å². The molecule has 0 aliphatic rings. The van der Waals surface area contributed by atoms with Crippen molar-refractivity contribution in [2.24, 2.45) is 5.10 Å². The lowest BCUT2D eigenvalue weighted by Gasteiger charge is -2.11. The topological polar surface area (TPSA) is 92.7 Å². The summed E-state index contributed by atoms with van der Waals surface area (Å²) in [4.78, 5) is 26.0. The van der Waals surface area contributed by atoms with Crippen molar-refractivity contribution < 1.29 is 9.32 Å². The van der Waals surface area contributed by atoms with E-state index in [1.165, 1.54) is 6.21 Å². The highest BCUT2D eigenvalue weighted by atomic mass is 16.5. The third kappa shape index (κ3) is 4.49. The van der Waals surface area contributed by atoms with Gasteiger partial charge >= 0.3 is 5.76 Å².